The van der Waals surface area contributed by atoms with Gasteiger partial charge in [-0.2, -0.15) is 5.10 Å². The molecule has 0 bridgehead atoms. The molecule has 212 valence electrons. The molecular weight excluding hydrogens is 510 g/mol. The van der Waals surface area contributed by atoms with E-state index < -0.39 is 23.4 Å². The lowest BCUT2D eigenvalue weighted by molar-refractivity contribution is -0.153. The number of ether oxygens (including phenoxy) is 1. The van der Waals surface area contributed by atoms with E-state index in [-0.39, 0.29) is 37.5 Å². The number of benzene rings is 1. The van der Waals surface area contributed by atoms with Gasteiger partial charge in [0.05, 0.1) is 23.6 Å². The van der Waals surface area contributed by atoms with Crippen LogP contribution in [0.4, 0.5) is 4.79 Å². The number of carboxylic acid groups (broad SMARTS) is 1. The number of carboxylic acids is 1. The molecule has 2 amide bonds. The van der Waals surface area contributed by atoms with Gasteiger partial charge in [0.2, 0.25) is 5.91 Å². The maximum absolute atomic E-state index is 12.9. The summed E-state index contributed by atoms with van der Waals surface area (Å²) in [5.74, 6) is -0.758. The minimum Gasteiger partial charge on any atom is -0.480 e. The summed E-state index contributed by atoms with van der Waals surface area (Å²) in [6.07, 6.45) is 6.26. The fourth-order valence-electron chi connectivity index (χ4n) is 5.98. The number of amides is 2. The standard InChI is InChI=1S/C30H37N5O5/c1-3-22-15-30(28(37)38,27(36)31-22)16-23-13-14-25-32-24(17-35(25)34-23)26(21-11-9-19(2)10-12-21)33-29(39)40-18-20-7-5-4-6-8-20/h4-8,13-14,17,19,21-22,26H,3,9-12,15-16,18H2,1-2H3,(H,31,36)(H,33,39)(H,37,38)/t19?,21?,22-,26+,30?/m1/s1. The second kappa shape index (κ2) is 11.7. The van der Waals surface area contributed by atoms with Crippen LogP contribution >= 0.6 is 0 Å². The van der Waals surface area contributed by atoms with Crippen molar-refractivity contribution < 1.29 is 24.2 Å². The van der Waals surface area contributed by atoms with E-state index in [0.717, 1.165) is 31.2 Å². The molecule has 3 heterocycles. The minimum atomic E-state index is -1.55. The van der Waals surface area contributed by atoms with Crippen molar-refractivity contribution in [2.75, 3.05) is 0 Å². The van der Waals surface area contributed by atoms with Crippen LogP contribution in [0.2, 0.25) is 0 Å². The van der Waals surface area contributed by atoms with Crippen molar-refractivity contribution in [3.05, 3.63) is 65.6 Å². The first-order valence-electron chi connectivity index (χ1n) is 14.1. The van der Waals surface area contributed by atoms with E-state index in [0.29, 0.717) is 29.4 Å². The molecule has 1 saturated heterocycles. The Labute approximate surface area is 233 Å². The van der Waals surface area contributed by atoms with Crippen LogP contribution in [0.15, 0.2) is 48.7 Å². The molecule has 10 nitrogen and oxygen atoms in total. The zero-order valence-electron chi connectivity index (χ0n) is 23.0. The summed E-state index contributed by atoms with van der Waals surface area (Å²) in [5, 5.41) is 20.5. The van der Waals surface area contributed by atoms with Crippen molar-refractivity contribution >= 4 is 23.6 Å². The molecule has 1 unspecified atom stereocenters. The second-order valence-electron chi connectivity index (χ2n) is 11.3. The zero-order valence-corrected chi connectivity index (χ0v) is 23.0. The van der Waals surface area contributed by atoms with E-state index in [9.17, 15) is 19.5 Å². The van der Waals surface area contributed by atoms with Crippen molar-refractivity contribution in [3.8, 4) is 0 Å². The Balaban J connectivity index is 1.37. The van der Waals surface area contributed by atoms with E-state index in [4.69, 9.17) is 9.72 Å². The van der Waals surface area contributed by atoms with Gasteiger partial charge in [-0.05, 0) is 55.2 Å². The first-order valence-corrected chi connectivity index (χ1v) is 14.1. The van der Waals surface area contributed by atoms with Crippen LogP contribution in [0.3, 0.4) is 0 Å². The van der Waals surface area contributed by atoms with Crippen molar-refractivity contribution in [1.29, 1.82) is 0 Å². The Kier molecular flexibility index (Phi) is 8.04. The molecule has 3 N–H and O–H groups in total. The highest BCUT2D eigenvalue weighted by atomic mass is 16.5. The summed E-state index contributed by atoms with van der Waals surface area (Å²) in [6.45, 7) is 4.35. The molecule has 0 spiro atoms. The summed E-state index contributed by atoms with van der Waals surface area (Å²) in [4.78, 5) is 42.6. The number of aromatic nitrogens is 3. The van der Waals surface area contributed by atoms with Gasteiger partial charge < -0.3 is 20.5 Å². The van der Waals surface area contributed by atoms with Crippen LogP contribution in [0.5, 0.6) is 0 Å². The van der Waals surface area contributed by atoms with Crippen LogP contribution in [0, 0.1) is 17.3 Å². The van der Waals surface area contributed by atoms with Crippen molar-refractivity contribution in [1.82, 2.24) is 25.2 Å². The molecule has 2 aliphatic rings. The number of imidazole rings is 1. The second-order valence-corrected chi connectivity index (χ2v) is 11.3. The Morgan fingerprint density at radius 1 is 1.18 bits per heavy atom. The molecule has 10 heteroatoms. The van der Waals surface area contributed by atoms with Gasteiger partial charge in [0.15, 0.2) is 11.1 Å². The molecule has 3 atom stereocenters. The highest BCUT2D eigenvalue weighted by Gasteiger charge is 2.53. The highest BCUT2D eigenvalue weighted by molar-refractivity contribution is 6.04. The predicted octanol–water partition coefficient (Wildman–Crippen LogP) is 4.44. The molecule has 3 aromatic rings. The van der Waals surface area contributed by atoms with Gasteiger partial charge in [-0.1, -0.05) is 57.0 Å². The number of aliphatic carboxylic acids is 1. The molecule has 2 aromatic heterocycles. The monoisotopic (exact) mass is 547 g/mol. The number of carbonyl (C=O) groups is 3. The van der Waals surface area contributed by atoms with Gasteiger partial charge in [0, 0.05) is 12.5 Å². The number of fused-ring (bicyclic) bond motifs is 1. The number of nitrogens with zero attached hydrogens (tertiary/aromatic N) is 3. The van der Waals surface area contributed by atoms with E-state index >= 15 is 0 Å². The third-order valence-corrected chi connectivity index (χ3v) is 8.48. The third-order valence-electron chi connectivity index (χ3n) is 8.48. The molecule has 1 aromatic carbocycles. The quantitative estimate of drug-likeness (QED) is 0.337. The Morgan fingerprint density at radius 3 is 2.60 bits per heavy atom. The molecular formula is C30H37N5O5. The lowest BCUT2D eigenvalue weighted by Gasteiger charge is -2.32. The highest BCUT2D eigenvalue weighted by Crippen LogP contribution is 2.37. The normalized spacial score (nSPS) is 25.4. The van der Waals surface area contributed by atoms with E-state index in [1.807, 2.05) is 37.3 Å². The molecule has 1 saturated carbocycles. The SMILES string of the molecule is CC[C@@H]1CC(Cc2ccc3nc([C@@H](NC(=O)OCc4ccccc4)C4CCC(C)CC4)cn3n2)(C(=O)O)C(=O)N1. The fraction of sp³-hybridized carbons (Fsp3) is 0.500. The molecule has 0 radical (unpaired) electrons. The number of rotatable bonds is 9. The van der Waals surface area contributed by atoms with E-state index in [1.165, 1.54) is 0 Å². The average Bonchev–Trinajstić information content (AvgIpc) is 3.52. The van der Waals surface area contributed by atoms with Crippen molar-refractivity contribution in [3.63, 3.8) is 0 Å². The van der Waals surface area contributed by atoms with Gasteiger partial charge in [0.25, 0.3) is 0 Å². The summed E-state index contributed by atoms with van der Waals surface area (Å²) >= 11 is 0. The molecule has 1 aliphatic carbocycles. The number of alkyl carbamates (subject to hydrolysis) is 1. The Hall–Kier alpha value is -3.95. The Morgan fingerprint density at radius 2 is 1.93 bits per heavy atom. The molecule has 40 heavy (non-hydrogen) atoms. The fourth-order valence-corrected chi connectivity index (χ4v) is 5.98. The topological polar surface area (TPSA) is 135 Å². The van der Waals surface area contributed by atoms with Crippen LogP contribution in [-0.2, 0) is 27.4 Å². The minimum absolute atomic E-state index is 0.0118. The van der Waals surface area contributed by atoms with Gasteiger partial charge in [-0.15, -0.1) is 0 Å². The first-order chi connectivity index (χ1) is 19.3. The maximum Gasteiger partial charge on any atom is 0.408 e. The Bertz CT molecular complexity index is 1370. The van der Waals surface area contributed by atoms with Gasteiger partial charge in [-0.3, -0.25) is 9.59 Å². The number of nitrogens with one attached hydrogen (secondary N) is 2. The van der Waals surface area contributed by atoms with E-state index in [1.54, 1.807) is 22.8 Å². The van der Waals surface area contributed by atoms with Crippen molar-refractivity contribution in [2.24, 2.45) is 17.3 Å². The lowest BCUT2D eigenvalue weighted by atomic mass is 9.78. The number of carbonyl (C=O) groups excluding carboxylic acids is 2. The van der Waals surface area contributed by atoms with Crippen LogP contribution in [0.1, 0.15) is 75.4 Å². The molecule has 1 aliphatic heterocycles. The summed E-state index contributed by atoms with van der Waals surface area (Å²) < 4.78 is 7.14. The summed E-state index contributed by atoms with van der Waals surface area (Å²) in [6, 6.07) is 12.5. The van der Waals surface area contributed by atoms with Gasteiger partial charge in [0.1, 0.15) is 6.61 Å². The average molecular weight is 548 g/mol. The lowest BCUT2D eigenvalue weighted by Crippen LogP contribution is -2.41. The maximum atomic E-state index is 12.9. The van der Waals surface area contributed by atoms with Gasteiger partial charge >= 0.3 is 12.1 Å². The molecule has 2 fully saturated rings. The zero-order chi connectivity index (χ0) is 28.3. The first kappa shape index (κ1) is 27.6. The van der Waals surface area contributed by atoms with Crippen LogP contribution in [0.25, 0.3) is 5.65 Å². The number of hydrogen-bond donors (Lipinski definition) is 3. The summed E-state index contributed by atoms with van der Waals surface area (Å²) in [5.41, 5.74) is 1.11. The van der Waals surface area contributed by atoms with Crippen LogP contribution in [-0.4, -0.2) is 43.7 Å². The third kappa shape index (κ3) is 5.80. The van der Waals surface area contributed by atoms with E-state index in [2.05, 4.69) is 22.7 Å². The van der Waals surface area contributed by atoms with Crippen LogP contribution < -0.4 is 10.6 Å². The van der Waals surface area contributed by atoms with Crippen molar-refractivity contribution in [2.45, 2.75) is 77.5 Å². The van der Waals surface area contributed by atoms with Gasteiger partial charge in [-0.25, -0.2) is 14.3 Å². The largest absolute Gasteiger partial charge is 0.480 e. The number of hydrogen-bond acceptors (Lipinski definition) is 6. The smallest absolute Gasteiger partial charge is 0.408 e. The predicted molar refractivity (Wildman–Crippen MR) is 147 cm³/mol. The molecule has 5 rings (SSSR count). The summed E-state index contributed by atoms with van der Waals surface area (Å²) in [7, 11) is 0.